The first-order valence-electron chi connectivity index (χ1n) is 6.53. The molecule has 0 aliphatic carbocycles. The summed E-state index contributed by atoms with van der Waals surface area (Å²) in [6.45, 7) is 7.43. The minimum Gasteiger partial charge on any atom is -0.207 e. The standard InChI is InChI=1S/C14H21NO2S/c1-11(2)13-6-7-14(12(3)10-13)18(16,17)15-8-4-5-9-15/h6-7,10-11H,4-5,8-9H2,1-3H3. The smallest absolute Gasteiger partial charge is 0.207 e. The fourth-order valence-corrected chi connectivity index (χ4v) is 4.11. The summed E-state index contributed by atoms with van der Waals surface area (Å²) < 4.78 is 26.5. The fourth-order valence-electron chi connectivity index (χ4n) is 2.39. The summed E-state index contributed by atoms with van der Waals surface area (Å²) in [4.78, 5) is 0.466. The van der Waals surface area contributed by atoms with Gasteiger partial charge in [-0.15, -0.1) is 0 Å². The number of sulfonamides is 1. The van der Waals surface area contributed by atoms with Crippen LogP contribution in [0.3, 0.4) is 0 Å². The normalized spacial score (nSPS) is 17.6. The van der Waals surface area contributed by atoms with Gasteiger partial charge in [-0.05, 0) is 42.9 Å². The molecule has 1 aliphatic rings. The number of benzene rings is 1. The predicted molar refractivity (Wildman–Crippen MR) is 73.3 cm³/mol. The predicted octanol–water partition coefficient (Wildman–Crippen LogP) is 2.90. The zero-order valence-corrected chi connectivity index (χ0v) is 12.1. The lowest BCUT2D eigenvalue weighted by Crippen LogP contribution is -2.28. The van der Waals surface area contributed by atoms with E-state index in [2.05, 4.69) is 13.8 Å². The van der Waals surface area contributed by atoms with Crippen LogP contribution in [0.5, 0.6) is 0 Å². The van der Waals surface area contributed by atoms with Gasteiger partial charge < -0.3 is 0 Å². The zero-order valence-electron chi connectivity index (χ0n) is 11.3. The summed E-state index contributed by atoms with van der Waals surface area (Å²) in [7, 11) is -3.28. The first-order valence-corrected chi connectivity index (χ1v) is 7.97. The van der Waals surface area contributed by atoms with Gasteiger partial charge in [0.2, 0.25) is 10.0 Å². The molecule has 4 heteroatoms. The Bertz CT molecular complexity index is 529. The Labute approximate surface area is 110 Å². The second kappa shape index (κ2) is 5.02. The Kier molecular flexibility index (Phi) is 3.78. The Morgan fingerprint density at radius 2 is 1.78 bits per heavy atom. The van der Waals surface area contributed by atoms with E-state index in [0.29, 0.717) is 23.9 Å². The quantitative estimate of drug-likeness (QED) is 0.844. The van der Waals surface area contributed by atoms with Gasteiger partial charge in [0.1, 0.15) is 0 Å². The molecule has 1 aromatic carbocycles. The monoisotopic (exact) mass is 267 g/mol. The minimum absolute atomic E-state index is 0.423. The second-order valence-corrected chi connectivity index (χ2v) is 7.20. The summed E-state index contributed by atoms with van der Waals surface area (Å²) in [6, 6.07) is 5.69. The molecule has 0 spiro atoms. The highest BCUT2D eigenvalue weighted by Crippen LogP contribution is 2.26. The SMILES string of the molecule is Cc1cc(C(C)C)ccc1S(=O)(=O)N1CCCC1. The van der Waals surface area contributed by atoms with Crippen LogP contribution in [0.2, 0.25) is 0 Å². The zero-order chi connectivity index (χ0) is 13.3. The van der Waals surface area contributed by atoms with Crippen LogP contribution in [0.1, 0.15) is 43.7 Å². The number of nitrogens with zero attached hydrogens (tertiary/aromatic N) is 1. The van der Waals surface area contributed by atoms with Gasteiger partial charge in [-0.2, -0.15) is 4.31 Å². The molecule has 1 heterocycles. The molecule has 0 aromatic heterocycles. The van der Waals surface area contributed by atoms with E-state index in [-0.39, 0.29) is 0 Å². The molecule has 0 unspecified atom stereocenters. The Hall–Kier alpha value is -0.870. The summed E-state index contributed by atoms with van der Waals surface area (Å²) in [6.07, 6.45) is 1.95. The molecule has 1 aliphatic heterocycles. The molecule has 2 rings (SSSR count). The van der Waals surface area contributed by atoms with Crippen molar-refractivity contribution in [1.82, 2.24) is 4.31 Å². The van der Waals surface area contributed by atoms with E-state index < -0.39 is 10.0 Å². The van der Waals surface area contributed by atoms with Crippen LogP contribution in [0.15, 0.2) is 23.1 Å². The maximum absolute atomic E-state index is 12.5. The number of hydrogen-bond donors (Lipinski definition) is 0. The van der Waals surface area contributed by atoms with E-state index in [1.54, 1.807) is 10.4 Å². The third-order valence-electron chi connectivity index (χ3n) is 3.55. The Morgan fingerprint density at radius 3 is 2.28 bits per heavy atom. The van der Waals surface area contributed by atoms with Crippen LogP contribution in [-0.2, 0) is 10.0 Å². The first kappa shape index (κ1) is 13.6. The average molecular weight is 267 g/mol. The van der Waals surface area contributed by atoms with Crippen molar-refractivity contribution < 1.29 is 8.42 Å². The van der Waals surface area contributed by atoms with Crippen LogP contribution < -0.4 is 0 Å². The molecule has 0 saturated carbocycles. The van der Waals surface area contributed by atoms with E-state index in [0.717, 1.165) is 18.4 Å². The van der Waals surface area contributed by atoms with Crippen molar-refractivity contribution in [2.75, 3.05) is 13.1 Å². The number of aryl methyl sites for hydroxylation is 1. The third-order valence-corrected chi connectivity index (χ3v) is 5.61. The molecule has 0 N–H and O–H groups in total. The van der Waals surface area contributed by atoms with Crippen LogP contribution in [0.25, 0.3) is 0 Å². The maximum atomic E-state index is 12.5. The third kappa shape index (κ3) is 2.45. The van der Waals surface area contributed by atoms with Crippen molar-refractivity contribution in [2.24, 2.45) is 0 Å². The fraction of sp³-hybridized carbons (Fsp3) is 0.571. The molecule has 1 aromatic rings. The Balaban J connectivity index is 2.39. The maximum Gasteiger partial charge on any atom is 0.243 e. The van der Waals surface area contributed by atoms with E-state index in [1.807, 2.05) is 19.1 Å². The molecule has 0 atom stereocenters. The van der Waals surface area contributed by atoms with Gasteiger partial charge >= 0.3 is 0 Å². The highest BCUT2D eigenvalue weighted by atomic mass is 32.2. The van der Waals surface area contributed by atoms with E-state index >= 15 is 0 Å². The van der Waals surface area contributed by atoms with Gasteiger partial charge in [0.25, 0.3) is 0 Å². The largest absolute Gasteiger partial charge is 0.243 e. The summed E-state index contributed by atoms with van der Waals surface area (Å²) in [5.74, 6) is 0.423. The van der Waals surface area contributed by atoms with Gasteiger partial charge in [0, 0.05) is 13.1 Å². The molecule has 100 valence electrons. The highest BCUT2D eigenvalue weighted by molar-refractivity contribution is 7.89. The second-order valence-electron chi connectivity index (χ2n) is 5.29. The van der Waals surface area contributed by atoms with Gasteiger partial charge in [0.05, 0.1) is 4.90 Å². The van der Waals surface area contributed by atoms with E-state index in [1.165, 1.54) is 5.56 Å². The average Bonchev–Trinajstić information content (AvgIpc) is 2.82. The molecule has 0 bridgehead atoms. The highest BCUT2D eigenvalue weighted by Gasteiger charge is 2.28. The Morgan fingerprint density at radius 1 is 1.17 bits per heavy atom. The number of rotatable bonds is 3. The molecular weight excluding hydrogens is 246 g/mol. The minimum atomic E-state index is -3.28. The van der Waals surface area contributed by atoms with Crippen LogP contribution in [0.4, 0.5) is 0 Å². The van der Waals surface area contributed by atoms with E-state index in [9.17, 15) is 8.42 Å². The first-order chi connectivity index (χ1) is 8.43. The molecule has 1 saturated heterocycles. The molecule has 3 nitrogen and oxygen atoms in total. The van der Waals surface area contributed by atoms with Gasteiger partial charge in [0.15, 0.2) is 0 Å². The van der Waals surface area contributed by atoms with Crippen LogP contribution >= 0.6 is 0 Å². The summed E-state index contributed by atoms with van der Waals surface area (Å²) in [5, 5.41) is 0. The van der Waals surface area contributed by atoms with Crippen molar-refractivity contribution in [3.63, 3.8) is 0 Å². The van der Waals surface area contributed by atoms with Crippen molar-refractivity contribution in [3.8, 4) is 0 Å². The lowest BCUT2D eigenvalue weighted by atomic mass is 10.0. The van der Waals surface area contributed by atoms with Crippen molar-refractivity contribution in [2.45, 2.75) is 44.4 Å². The van der Waals surface area contributed by atoms with Crippen molar-refractivity contribution in [3.05, 3.63) is 29.3 Å². The van der Waals surface area contributed by atoms with E-state index in [4.69, 9.17) is 0 Å². The molecule has 0 amide bonds. The number of hydrogen-bond acceptors (Lipinski definition) is 2. The summed E-state index contributed by atoms with van der Waals surface area (Å²) >= 11 is 0. The van der Waals surface area contributed by atoms with Crippen LogP contribution in [0, 0.1) is 6.92 Å². The van der Waals surface area contributed by atoms with Gasteiger partial charge in [-0.1, -0.05) is 26.0 Å². The van der Waals surface area contributed by atoms with Gasteiger partial charge in [-0.3, -0.25) is 0 Å². The topological polar surface area (TPSA) is 37.4 Å². The lowest BCUT2D eigenvalue weighted by Gasteiger charge is -2.18. The molecule has 18 heavy (non-hydrogen) atoms. The molecule has 1 fully saturated rings. The lowest BCUT2D eigenvalue weighted by molar-refractivity contribution is 0.477. The van der Waals surface area contributed by atoms with Crippen molar-refractivity contribution >= 4 is 10.0 Å². The van der Waals surface area contributed by atoms with Crippen LogP contribution in [-0.4, -0.2) is 25.8 Å². The van der Waals surface area contributed by atoms with Crippen molar-refractivity contribution in [1.29, 1.82) is 0 Å². The molecule has 0 radical (unpaired) electrons. The summed E-state index contributed by atoms with van der Waals surface area (Å²) in [5.41, 5.74) is 2.04. The molecular formula is C14H21NO2S. The van der Waals surface area contributed by atoms with Gasteiger partial charge in [-0.25, -0.2) is 8.42 Å².